The summed E-state index contributed by atoms with van der Waals surface area (Å²) in [6.45, 7) is 4.32. The molecule has 3 heteroatoms. The molecule has 3 N–H and O–H groups in total. The number of aliphatic hydroxyl groups is 1. The van der Waals surface area contributed by atoms with E-state index in [0.29, 0.717) is 6.10 Å². The summed E-state index contributed by atoms with van der Waals surface area (Å²) in [5, 5.41) is 9.28. The third kappa shape index (κ3) is 4.04. The van der Waals surface area contributed by atoms with Gasteiger partial charge in [0.1, 0.15) is 0 Å². The van der Waals surface area contributed by atoms with Gasteiger partial charge in [-0.2, -0.15) is 0 Å². The molecule has 0 aromatic rings. The lowest BCUT2D eigenvalue weighted by Crippen LogP contribution is -2.42. The lowest BCUT2D eigenvalue weighted by atomic mass is 9.85. The molecule has 96 valence electrons. The van der Waals surface area contributed by atoms with E-state index in [1.165, 1.54) is 19.3 Å². The van der Waals surface area contributed by atoms with Gasteiger partial charge in [-0.15, -0.1) is 0 Å². The largest absolute Gasteiger partial charge is 0.394 e. The lowest BCUT2D eigenvalue weighted by molar-refractivity contribution is -0.0721. The van der Waals surface area contributed by atoms with E-state index in [1.54, 1.807) is 0 Å². The molecule has 1 rings (SSSR count). The highest BCUT2D eigenvalue weighted by Crippen LogP contribution is 2.29. The highest BCUT2D eigenvalue weighted by Gasteiger charge is 2.26. The second kappa shape index (κ2) is 7.25. The number of aliphatic hydroxyl groups excluding tert-OH is 1. The summed E-state index contributed by atoms with van der Waals surface area (Å²) in [4.78, 5) is 0. The molecule has 16 heavy (non-hydrogen) atoms. The molecule has 1 aliphatic carbocycles. The normalized spacial score (nSPS) is 30.0. The van der Waals surface area contributed by atoms with Gasteiger partial charge >= 0.3 is 0 Å². The summed E-state index contributed by atoms with van der Waals surface area (Å²) in [5.74, 6) is 0.802. The first kappa shape index (κ1) is 13.9. The molecule has 0 spiro atoms. The van der Waals surface area contributed by atoms with Crippen molar-refractivity contribution in [1.29, 1.82) is 0 Å². The minimum Gasteiger partial charge on any atom is -0.394 e. The number of hydrogen-bond donors (Lipinski definition) is 2. The van der Waals surface area contributed by atoms with Crippen molar-refractivity contribution in [3.05, 3.63) is 0 Å². The molecule has 0 saturated heterocycles. The highest BCUT2D eigenvalue weighted by molar-refractivity contribution is 4.77. The van der Waals surface area contributed by atoms with Crippen LogP contribution in [0.15, 0.2) is 0 Å². The van der Waals surface area contributed by atoms with Gasteiger partial charge in [-0.3, -0.25) is 0 Å². The zero-order valence-corrected chi connectivity index (χ0v) is 10.7. The van der Waals surface area contributed by atoms with E-state index in [2.05, 4.69) is 6.92 Å². The zero-order valence-electron chi connectivity index (χ0n) is 10.7. The standard InChI is InChI=1S/C13H27NO2/c1-3-10-6-5-7-11(8-10)16-13(9-15)12(14)4-2/h10-13,15H,3-9,14H2,1-2H3. The smallest absolute Gasteiger partial charge is 0.0959 e. The molecule has 3 nitrogen and oxygen atoms in total. The molecule has 0 amide bonds. The Kier molecular flexibility index (Phi) is 6.32. The van der Waals surface area contributed by atoms with Gasteiger partial charge in [-0.05, 0) is 25.2 Å². The van der Waals surface area contributed by atoms with Crippen LogP contribution in [-0.4, -0.2) is 30.0 Å². The molecule has 4 unspecified atom stereocenters. The van der Waals surface area contributed by atoms with E-state index in [0.717, 1.165) is 25.2 Å². The van der Waals surface area contributed by atoms with E-state index < -0.39 is 0 Å². The van der Waals surface area contributed by atoms with E-state index >= 15 is 0 Å². The molecule has 1 fully saturated rings. The van der Waals surface area contributed by atoms with Crippen LogP contribution < -0.4 is 5.73 Å². The predicted molar refractivity (Wildman–Crippen MR) is 66.3 cm³/mol. The van der Waals surface area contributed by atoms with Crippen molar-refractivity contribution < 1.29 is 9.84 Å². The van der Waals surface area contributed by atoms with Gasteiger partial charge in [0.2, 0.25) is 0 Å². The second-order valence-electron chi connectivity index (χ2n) is 4.99. The molecule has 0 bridgehead atoms. The number of ether oxygens (including phenoxy) is 1. The van der Waals surface area contributed by atoms with Gasteiger partial charge in [0.15, 0.2) is 0 Å². The number of nitrogens with two attached hydrogens (primary N) is 1. The molecule has 0 heterocycles. The van der Waals surface area contributed by atoms with Gasteiger partial charge in [0.25, 0.3) is 0 Å². The minimum absolute atomic E-state index is 0.0352. The Balaban J connectivity index is 2.38. The van der Waals surface area contributed by atoms with Crippen molar-refractivity contribution in [2.45, 2.75) is 70.6 Å². The summed E-state index contributed by atoms with van der Waals surface area (Å²) in [6.07, 6.45) is 7.09. The van der Waals surface area contributed by atoms with Gasteiger partial charge in [0, 0.05) is 6.04 Å². The molecule has 0 aromatic carbocycles. The first-order chi connectivity index (χ1) is 7.71. The third-order valence-corrected chi connectivity index (χ3v) is 3.81. The minimum atomic E-state index is -0.175. The average Bonchev–Trinajstić information content (AvgIpc) is 2.35. The molecule has 0 aromatic heterocycles. The van der Waals surface area contributed by atoms with Crippen molar-refractivity contribution in [3.8, 4) is 0 Å². The molecule has 0 radical (unpaired) electrons. The molecular weight excluding hydrogens is 202 g/mol. The SMILES string of the molecule is CCC1CCCC(OC(CO)C(N)CC)C1. The second-order valence-corrected chi connectivity index (χ2v) is 4.99. The van der Waals surface area contributed by atoms with Crippen molar-refractivity contribution in [1.82, 2.24) is 0 Å². The molecular formula is C13H27NO2. The van der Waals surface area contributed by atoms with Crippen LogP contribution in [-0.2, 0) is 4.74 Å². The predicted octanol–water partition coefficient (Wildman–Crippen LogP) is 2.07. The first-order valence-electron chi connectivity index (χ1n) is 6.73. The van der Waals surface area contributed by atoms with E-state index in [1.807, 2.05) is 6.92 Å². The summed E-state index contributed by atoms with van der Waals surface area (Å²) in [5.41, 5.74) is 5.93. The summed E-state index contributed by atoms with van der Waals surface area (Å²) >= 11 is 0. The maximum absolute atomic E-state index is 9.28. The zero-order chi connectivity index (χ0) is 12.0. The van der Waals surface area contributed by atoms with E-state index in [4.69, 9.17) is 10.5 Å². The van der Waals surface area contributed by atoms with Gasteiger partial charge in [0.05, 0.1) is 18.8 Å². The van der Waals surface area contributed by atoms with Crippen LogP contribution in [0.1, 0.15) is 52.4 Å². The Bertz CT molecular complexity index is 187. The highest BCUT2D eigenvalue weighted by atomic mass is 16.5. The Labute approximate surface area is 99.4 Å². The van der Waals surface area contributed by atoms with Crippen LogP contribution in [0.2, 0.25) is 0 Å². The quantitative estimate of drug-likeness (QED) is 0.733. The summed E-state index contributed by atoms with van der Waals surface area (Å²) in [6, 6.07) is -0.0352. The topological polar surface area (TPSA) is 55.5 Å². The van der Waals surface area contributed by atoms with Crippen molar-refractivity contribution in [3.63, 3.8) is 0 Å². The number of rotatable bonds is 6. The van der Waals surface area contributed by atoms with Crippen molar-refractivity contribution >= 4 is 0 Å². The van der Waals surface area contributed by atoms with Crippen molar-refractivity contribution in [2.75, 3.05) is 6.61 Å². The van der Waals surface area contributed by atoms with Crippen LogP contribution >= 0.6 is 0 Å². The summed E-state index contributed by atoms with van der Waals surface area (Å²) < 4.78 is 5.95. The maximum Gasteiger partial charge on any atom is 0.0959 e. The van der Waals surface area contributed by atoms with Crippen LogP contribution in [0.5, 0.6) is 0 Å². The Morgan fingerprint density at radius 1 is 1.38 bits per heavy atom. The summed E-state index contributed by atoms with van der Waals surface area (Å²) in [7, 11) is 0. The molecule has 4 atom stereocenters. The first-order valence-corrected chi connectivity index (χ1v) is 6.73. The fourth-order valence-corrected chi connectivity index (χ4v) is 2.53. The fraction of sp³-hybridized carbons (Fsp3) is 1.00. The Morgan fingerprint density at radius 3 is 2.69 bits per heavy atom. The van der Waals surface area contributed by atoms with Gasteiger partial charge in [-0.1, -0.05) is 33.1 Å². The average molecular weight is 229 g/mol. The molecule has 0 aliphatic heterocycles. The Hall–Kier alpha value is -0.120. The van der Waals surface area contributed by atoms with Gasteiger partial charge < -0.3 is 15.6 Å². The number of hydrogen-bond acceptors (Lipinski definition) is 3. The lowest BCUT2D eigenvalue weighted by Gasteiger charge is -2.32. The van der Waals surface area contributed by atoms with Crippen molar-refractivity contribution in [2.24, 2.45) is 11.7 Å². The fourth-order valence-electron chi connectivity index (χ4n) is 2.53. The third-order valence-electron chi connectivity index (χ3n) is 3.81. The molecule has 1 aliphatic rings. The van der Waals surface area contributed by atoms with Crippen LogP contribution in [0.25, 0.3) is 0 Å². The van der Waals surface area contributed by atoms with Gasteiger partial charge in [-0.25, -0.2) is 0 Å². The van der Waals surface area contributed by atoms with E-state index in [9.17, 15) is 5.11 Å². The van der Waals surface area contributed by atoms with Crippen LogP contribution in [0.4, 0.5) is 0 Å². The molecule has 1 saturated carbocycles. The Morgan fingerprint density at radius 2 is 2.12 bits per heavy atom. The van der Waals surface area contributed by atoms with E-state index in [-0.39, 0.29) is 18.8 Å². The van der Waals surface area contributed by atoms with Crippen LogP contribution in [0.3, 0.4) is 0 Å². The van der Waals surface area contributed by atoms with Crippen LogP contribution in [0, 0.1) is 5.92 Å². The monoisotopic (exact) mass is 229 g/mol. The maximum atomic E-state index is 9.28.